The van der Waals surface area contributed by atoms with Gasteiger partial charge in [0.15, 0.2) is 11.3 Å². The standard InChI is InChI=1S/C23H21N3O2/c1-16(2)21-20-19(14-13-17-9-5-3-6-10-17)28-25-22(20)23(27)26(24-21)15-18-11-7-4-8-12-18/h3-14,16H,15H2,1-2H3/b14-13+. The Morgan fingerprint density at radius 1 is 1.00 bits per heavy atom. The third kappa shape index (κ3) is 3.51. The van der Waals surface area contributed by atoms with Gasteiger partial charge >= 0.3 is 0 Å². The van der Waals surface area contributed by atoms with Gasteiger partial charge in [0, 0.05) is 0 Å². The molecule has 5 heteroatoms. The minimum atomic E-state index is -0.244. The van der Waals surface area contributed by atoms with E-state index in [1.807, 2.05) is 72.8 Å². The Morgan fingerprint density at radius 2 is 1.68 bits per heavy atom. The summed E-state index contributed by atoms with van der Waals surface area (Å²) in [5, 5.41) is 9.42. The number of hydrogen-bond donors (Lipinski definition) is 0. The highest BCUT2D eigenvalue weighted by molar-refractivity contribution is 5.89. The van der Waals surface area contributed by atoms with Crippen LogP contribution in [0.3, 0.4) is 0 Å². The quantitative estimate of drug-likeness (QED) is 0.509. The average Bonchev–Trinajstić information content (AvgIpc) is 3.14. The van der Waals surface area contributed by atoms with Gasteiger partial charge in [-0.25, -0.2) is 4.68 Å². The fourth-order valence-electron chi connectivity index (χ4n) is 3.16. The van der Waals surface area contributed by atoms with Crippen LogP contribution in [0.4, 0.5) is 0 Å². The van der Waals surface area contributed by atoms with Crippen LogP contribution in [0.15, 0.2) is 70.0 Å². The topological polar surface area (TPSA) is 60.9 Å². The molecule has 2 heterocycles. The van der Waals surface area contributed by atoms with Gasteiger partial charge in [-0.15, -0.1) is 0 Å². The van der Waals surface area contributed by atoms with Gasteiger partial charge < -0.3 is 4.52 Å². The minimum absolute atomic E-state index is 0.119. The van der Waals surface area contributed by atoms with Crippen LogP contribution in [0.5, 0.6) is 0 Å². The molecule has 5 nitrogen and oxygen atoms in total. The van der Waals surface area contributed by atoms with Crippen molar-refractivity contribution >= 4 is 23.1 Å². The smallest absolute Gasteiger partial charge is 0.297 e. The number of fused-ring (bicyclic) bond motifs is 1. The van der Waals surface area contributed by atoms with Gasteiger partial charge in [0.05, 0.1) is 17.6 Å². The van der Waals surface area contributed by atoms with E-state index in [1.54, 1.807) is 0 Å². The maximum Gasteiger partial charge on any atom is 0.297 e. The van der Waals surface area contributed by atoms with E-state index in [2.05, 4.69) is 24.1 Å². The van der Waals surface area contributed by atoms with Crippen LogP contribution in [0.1, 0.15) is 42.3 Å². The van der Waals surface area contributed by atoms with Gasteiger partial charge in [0.2, 0.25) is 0 Å². The van der Waals surface area contributed by atoms with Gasteiger partial charge in [-0.05, 0) is 23.1 Å². The predicted molar refractivity (Wildman–Crippen MR) is 111 cm³/mol. The summed E-state index contributed by atoms with van der Waals surface area (Å²) in [6.45, 7) is 4.50. The Hall–Kier alpha value is -3.47. The van der Waals surface area contributed by atoms with Crippen LogP contribution in [0, 0.1) is 0 Å². The summed E-state index contributed by atoms with van der Waals surface area (Å²) >= 11 is 0. The lowest BCUT2D eigenvalue weighted by atomic mass is 10.0. The third-order valence-electron chi connectivity index (χ3n) is 4.59. The first-order chi connectivity index (χ1) is 13.6. The van der Waals surface area contributed by atoms with Gasteiger partial charge in [-0.3, -0.25) is 4.79 Å². The van der Waals surface area contributed by atoms with E-state index >= 15 is 0 Å². The molecule has 0 spiro atoms. The van der Waals surface area contributed by atoms with Crippen molar-refractivity contribution in [3.63, 3.8) is 0 Å². The molecule has 0 N–H and O–H groups in total. The van der Waals surface area contributed by atoms with Crippen molar-refractivity contribution in [3.05, 3.63) is 93.6 Å². The van der Waals surface area contributed by atoms with E-state index in [-0.39, 0.29) is 11.5 Å². The SMILES string of the molecule is CC(C)c1nn(Cc2ccccc2)c(=O)c2noc(/C=C/c3ccccc3)c12. The second-order valence-electron chi connectivity index (χ2n) is 7.00. The van der Waals surface area contributed by atoms with Crippen LogP contribution in [-0.4, -0.2) is 14.9 Å². The maximum atomic E-state index is 12.9. The summed E-state index contributed by atoms with van der Waals surface area (Å²) in [5.74, 6) is 0.674. The highest BCUT2D eigenvalue weighted by Gasteiger charge is 2.20. The molecule has 0 aliphatic heterocycles. The van der Waals surface area contributed by atoms with Gasteiger partial charge in [0.1, 0.15) is 0 Å². The highest BCUT2D eigenvalue weighted by Crippen LogP contribution is 2.26. The summed E-state index contributed by atoms with van der Waals surface area (Å²) in [6, 6.07) is 19.7. The van der Waals surface area contributed by atoms with Crippen molar-refractivity contribution in [1.29, 1.82) is 0 Å². The molecule has 0 atom stereocenters. The van der Waals surface area contributed by atoms with E-state index in [1.165, 1.54) is 4.68 Å². The van der Waals surface area contributed by atoms with Crippen molar-refractivity contribution in [1.82, 2.24) is 14.9 Å². The number of hydrogen-bond acceptors (Lipinski definition) is 4. The third-order valence-corrected chi connectivity index (χ3v) is 4.59. The molecule has 0 aliphatic rings. The molecule has 4 aromatic rings. The van der Waals surface area contributed by atoms with Crippen LogP contribution in [0.25, 0.3) is 23.1 Å². The summed E-state index contributed by atoms with van der Waals surface area (Å²) in [7, 11) is 0. The molecule has 0 saturated carbocycles. The molecule has 0 fully saturated rings. The van der Waals surface area contributed by atoms with E-state index < -0.39 is 0 Å². The van der Waals surface area contributed by atoms with Crippen molar-refractivity contribution in [3.8, 4) is 0 Å². The molecule has 2 aromatic carbocycles. The summed E-state index contributed by atoms with van der Waals surface area (Å²) in [5.41, 5.74) is 2.94. The molecule has 0 unspecified atom stereocenters. The summed E-state index contributed by atoms with van der Waals surface area (Å²) < 4.78 is 7.00. The van der Waals surface area contributed by atoms with E-state index in [9.17, 15) is 4.79 Å². The Bertz CT molecular complexity index is 1170. The lowest BCUT2D eigenvalue weighted by Gasteiger charge is -2.10. The molecule has 0 amide bonds. The Morgan fingerprint density at radius 3 is 2.36 bits per heavy atom. The Balaban J connectivity index is 1.81. The molecule has 140 valence electrons. The monoisotopic (exact) mass is 371 g/mol. The first-order valence-electron chi connectivity index (χ1n) is 9.31. The van der Waals surface area contributed by atoms with E-state index in [0.717, 1.165) is 16.8 Å². The molecule has 4 rings (SSSR count). The largest absolute Gasteiger partial charge is 0.355 e. The second-order valence-corrected chi connectivity index (χ2v) is 7.00. The number of aromatic nitrogens is 3. The summed E-state index contributed by atoms with van der Waals surface area (Å²) in [4.78, 5) is 12.9. The highest BCUT2D eigenvalue weighted by atomic mass is 16.5. The minimum Gasteiger partial charge on any atom is -0.355 e. The normalized spacial score (nSPS) is 11.7. The zero-order chi connectivity index (χ0) is 19.5. The molecule has 2 aromatic heterocycles. The lowest BCUT2D eigenvalue weighted by Crippen LogP contribution is -2.25. The van der Waals surface area contributed by atoms with Crippen LogP contribution in [-0.2, 0) is 6.54 Å². The molecule has 0 bridgehead atoms. The van der Waals surface area contributed by atoms with Crippen LogP contribution < -0.4 is 5.56 Å². The van der Waals surface area contributed by atoms with Crippen molar-refractivity contribution in [2.24, 2.45) is 0 Å². The second kappa shape index (κ2) is 7.64. The predicted octanol–water partition coefficient (Wildman–Crippen LogP) is 4.73. The molecule has 28 heavy (non-hydrogen) atoms. The van der Waals surface area contributed by atoms with Gasteiger partial charge in [-0.1, -0.05) is 85.7 Å². The number of benzene rings is 2. The molecular weight excluding hydrogens is 350 g/mol. The van der Waals surface area contributed by atoms with E-state index in [4.69, 9.17) is 4.52 Å². The first-order valence-corrected chi connectivity index (χ1v) is 9.31. The van der Waals surface area contributed by atoms with Crippen LogP contribution >= 0.6 is 0 Å². The number of rotatable bonds is 5. The fourth-order valence-corrected chi connectivity index (χ4v) is 3.16. The molecule has 0 saturated heterocycles. The van der Waals surface area contributed by atoms with Crippen LogP contribution in [0.2, 0.25) is 0 Å². The maximum absolute atomic E-state index is 12.9. The van der Waals surface area contributed by atoms with E-state index in [0.29, 0.717) is 23.2 Å². The average molecular weight is 371 g/mol. The zero-order valence-corrected chi connectivity index (χ0v) is 15.9. The van der Waals surface area contributed by atoms with Crippen molar-refractivity contribution in [2.45, 2.75) is 26.3 Å². The first kappa shape index (κ1) is 17.9. The summed E-state index contributed by atoms with van der Waals surface area (Å²) in [6.07, 6.45) is 3.79. The van der Waals surface area contributed by atoms with Crippen molar-refractivity contribution < 1.29 is 4.52 Å². The molecule has 0 aliphatic carbocycles. The van der Waals surface area contributed by atoms with Crippen molar-refractivity contribution in [2.75, 3.05) is 0 Å². The number of nitrogens with zero attached hydrogens (tertiary/aromatic N) is 3. The Labute approximate surface area is 162 Å². The van der Waals surface area contributed by atoms with Gasteiger partial charge in [-0.2, -0.15) is 5.10 Å². The van der Waals surface area contributed by atoms with Gasteiger partial charge in [0.25, 0.3) is 5.56 Å². The fraction of sp³-hybridized carbons (Fsp3) is 0.174. The Kier molecular flexibility index (Phi) is 4.89. The zero-order valence-electron chi connectivity index (χ0n) is 15.9. The molecule has 0 radical (unpaired) electrons. The molecular formula is C23H21N3O2. The lowest BCUT2D eigenvalue weighted by molar-refractivity contribution is 0.420.